The molecule has 2 aromatic rings. The maximum Gasteiger partial charge on any atom is 0.253 e. The van der Waals surface area contributed by atoms with Crippen molar-refractivity contribution in [2.24, 2.45) is 10.9 Å². The highest BCUT2D eigenvalue weighted by atomic mass is 127. The van der Waals surface area contributed by atoms with Crippen LogP contribution in [0.2, 0.25) is 0 Å². The van der Waals surface area contributed by atoms with E-state index in [9.17, 15) is 4.79 Å². The summed E-state index contributed by atoms with van der Waals surface area (Å²) < 4.78 is 0. The molecular formula is C26H37IN4O. The Hall–Kier alpha value is -2.09. The second-order valence-electron chi connectivity index (χ2n) is 8.51. The first-order valence-corrected chi connectivity index (χ1v) is 11.4. The summed E-state index contributed by atoms with van der Waals surface area (Å²) in [4.78, 5) is 21.1. The highest BCUT2D eigenvalue weighted by molar-refractivity contribution is 14.0. The van der Waals surface area contributed by atoms with Crippen LogP contribution in [0.25, 0.3) is 0 Å². The van der Waals surface area contributed by atoms with Crippen molar-refractivity contribution in [2.75, 3.05) is 40.3 Å². The van der Waals surface area contributed by atoms with E-state index >= 15 is 0 Å². The zero-order chi connectivity index (χ0) is 22.1. The molecule has 1 aliphatic rings. The monoisotopic (exact) mass is 548 g/mol. The molecule has 1 fully saturated rings. The Morgan fingerprint density at radius 3 is 2.41 bits per heavy atom. The zero-order valence-electron chi connectivity index (χ0n) is 19.6. The summed E-state index contributed by atoms with van der Waals surface area (Å²) in [5.74, 6) is 1.80. The number of nitrogens with one attached hydrogen (secondary N) is 1. The van der Waals surface area contributed by atoms with E-state index in [-0.39, 0.29) is 29.9 Å². The predicted molar refractivity (Wildman–Crippen MR) is 144 cm³/mol. The van der Waals surface area contributed by atoms with Gasteiger partial charge in [0.2, 0.25) is 0 Å². The summed E-state index contributed by atoms with van der Waals surface area (Å²) in [5.41, 5.74) is 3.32. The van der Waals surface area contributed by atoms with E-state index in [1.807, 2.05) is 18.2 Å². The highest BCUT2D eigenvalue weighted by Crippen LogP contribution is 2.21. The van der Waals surface area contributed by atoms with Crippen LogP contribution in [0.5, 0.6) is 0 Å². The van der Waals surface area contributed by atoms with Crippen LogP contribution >= 0.6 is 24.0 Å². The Labute approximate surface area is 210 Å². The van der Waals surface area contributed by atoms with E-state index in [0.717, 1.165) is 49.1 Å². The molecule has 1 aliphatic heterocycles. The Kier molecular flexibility index (Phi) is 11.0. The third-order valence-electron chi connectivity index (χ3n) is 5.86. The van der Waals surface area contributed by atoms with E-state index in [1.54, 1.807) is 19.0 Å². The zero-order valence-corrected chi connectivity index (χ0v) is 21.9. The Morgan fingerprint density at radius 1 is 1.06 bits per heavy atom. The molecule has 0 aliphatic carbocycles. The van der Waals surface area contributed by atoms with Gasteiger partial charge in [-0.25, -0.2) is 0 Å². The fraction of sp³-hybridized carbons (Fsp3) is 0.462. The summed E-state index contributed by atoms with van der Waals surface area (Å²) in [6.45, 7) is 5.81. The van der Waals surface area contributed by atoms with Gasteiger partial charge < -0.3 is 15.1 Å². The van der Waals surface area contributed by atoms with Crippen molar-refractivity contribution in [2.45, 2.75) is 32.6 Å². The smallest absolute Gasteiger partial charge is 0.253 e. The summed E-state index contributed by atoms with van der Waals surface area (Å²) in [5, 5.41) is 3.46. The molecule has 0 atom stereocenters. The molecule has 1 amide bonds. The topological polar surface area (TPSA) is 47.9 Å². The summed E-state index contributed by atoms with van der Waals surface area (Å²) in [6, 6.07) is 18.7. The van der Waals surface area contributed by atoms with Gasteiger partial charge in [0.05, 0.1) is 0 Å². The first kappa shape index (κ1) is 26.2. The molecule has 1 saturated heterocycles. The SMILES string of the molecule is CCNC(=NCCc1cccc(C(=O)N(C)C)c1)N1CCC(Cc2ccccc2)CC1.I. The quantitative estimate of drug-likeness (QED) is 0.316. The second-order valence-corrected chi connectivity index (χ2v) is 8.51. The lowest BCUT2D eigenvalue weighted by atomic mass is 9.90. The number of benzene rings is 2. The Bertz CT molecular complexity index is 861. The molecule has 0 bridgehead atoms. The van der Waals surface area contributed by atoms with Crippen molar-refractivity contribution in [3.05, 3.63) is 71.3 Å². The predicted octanol–water partition coefficient (Wildman–Crippen LogP) is 4.47. The number of hydrogen-bond donors (Lipinski definition) is 1. The molecule has 0 unspecified atom stereocenters. The minimum atomic E-state index is 0. The maximum absolute atomic E-state index is 12.2. The van der Waals surface area contributed by atoms with Crippen LogP contribution in [0.15, 0.2) is 59.6 Å². The second kappa shape index (κ2) is 13.5. The lowest BCUT2D eigenvalue weighted by Crippen LogP contribution is -2.46. The molecule has 0 spiro atoms. The van der Waals surface area contributed by atoms with Gasteiger partial charge in [-0.1, -0.05) is 42.5 Å². The van der Waals surface area contributed by atoms with Crippen molar-refractivity contribution in [1.29, 1.82) is 0 Å². The summed E-state index contributed by atoms with van der Waals surface area (Å²) >= 11 is 0. The van der Waals surface area contributed by atoms with Gasteiger partial charge in [0.25, 0.3) is 5.91 Å². The number of hydrogen-bond acceptors (Lipinski definition) is 2. The number of carbonyl (C=O) groups is 1. The average molecular weight is 549 g/mol. The van der Waals surface area contributed by atoms with E-state index < -0.39 is 0 Å². The highest BCUT2D eigenvalue weighted by Gasteiger charge is 2.21. The molecule has 3 rings (SSSR count). The van der Waals surface area contributed by atoms with Gasteiger partial charge in [0, 0.05) is 45.8 Å². The number of rotatable bonds is 7. The van der Waals surface area contributed by atoms with Gasteiger partial charge in [-0.05, 0) is 61.8 Å². The van der Waals surface area contributed by atoms with Crippen LogP contribution in [-0.4, -0.2) is 61.9 Å². The summed E-state index contributed by atoms with van der Waals surface area (Å²) in [6.07, 6.45) is 4.40. The normalized spacial score (nSPS) is 14.6. The lowest BCUT2D eigenvalue weighted by Gasteiger charge is -2.34. The standard InChI is InChI=1S/C26H36N4O.HI/c1-4-27-26(28-16-13-22-11-8-12-24(20-22)25(31)29(2)3)30-17-14-23(15-18-30)19-21-9-6-5-7-10-21;/h5-12,20,23H,4,13-19H2,1-3H3,(H,27,28);1H. The van der Waals surface area contributed by atoms with E-state index in [0.29, 0.717) is 6.54 Å². The first-order valence-electron chi connectivity index (χ1n) is 11.4. The Morgan fingerprint density at radius 2 is 1.75 bits per heavy atom. The van der Waals surface area contributed by atoms with Gasteiger partial charge in [-0.15, -0.1) is 24.0 Å². The fourth-order valence-corrected chi connectivity index (χ4v) is 4.13. The third-order valence-corrected chi connectivity index (χ3v) is 5.86. The van der Waals surface area contributed by atoms with E-state index in [2.05, 4.69) is 53.5 Å². The molecule has 6 heteroatoms. The number of guanidine groups is 1. The van der Waals surface area contributed by atoms with Crippen molar-refractivity contribution in [3.63, 3.8) is 0 Å². The van der Waals surface area contributed by atoms with Crippen LogP contribution < -0.4 is 5.32 Å². The fourth-order valence-electron chi connectivity index (χ4n) is 4.13. The first-order chi connectivity index (χ1) is 15.1. The molecule has 174 valence electrons. The van der Waals surface area contributed by atoms with Gasteiger partial charge in [-0.2, -0.15) is 0 Å². The molecular weight excluding hydrogens is 511 g/mol. The molecule has 5 nitrogen and oxygen atoms in total. The van der Waals surface area contributed by atoms with Crippen molar-refractivity contribution in [3.8, 4) is 0 Å². The number of likely N-dealkylation sites (tertiary alicyclic amines) is 1. The van der Waals surface area contributed by atoms with Gasteiger partial charge in [0.15, 0.2) is 5.96 Å². The summed E-state index contributed by atoms with van der Waals surface area (Å²) in [7, 11) is 3.57. The van der Waals surface area contributed by atoms with Crippen molar-refractivity contribution >= 4 is 35.8 Å². The number of piperidine rings is 1. The Balaban J connectivity index is 0.00000363. The van der Waals surface area contributed by atoms with E-state index in [1.165, 1.54) is 24.8 Å². The number of amides is 1. The van der Waals surface area contributed by atoms with Crippen LogP contribution in [0, 0.1) is 5.92 Å². The third kappa shape index (κ3) is 7.80. The minimum absolute atomic E-state index is 0. The number of aliphatic imine (C=N–C) groups is 1. The van der Waals surface area contributed by atoms with Crippen molar-refractivity contribution in [1.82, 2.24) is 15.1 Å². The largest absolute Gasteiger partial charge is 0.357 e. The maximum atomic E-state index is 12.2. The molecule has 32 heavy (non-hydrogen) atoms. The van der Waals surface area contributed by atoms with Crippen LogP contribution in [0.3, 0.4) is 0 Å². The van der Waals surface area contributed by atoms with Gasteiger partial charge in [-0.3, -0.25) is 9.79 Å². The molecule has 0 saturated carbocycles. The number of carbonyl (C=O) groups excluding carboxylic acids is 1. The van der Waals surface area contributed by atoms with Crippen LogP contribution in [0.1, 0.15) is 41.3 Å². The molecule has 1 N–H and O–H groups in total. The molecule has 1 heterocycles. The van der Waals surface area contributed by atoms with Gasteiger partial charge >= 0.3 is 0 Å². The van der Waals surface area contributed by atoms with E-state index in [4.69, 9.17) is 4.99 Å². The average Bonchev–Trinajstić information content (AvgIpc) is 2.79. The van der Waals surface area contributed by atoms with Crippen LogP contribution in [-0.2, 0) is 12.8 Å². The number of halogens is 1. The molecule has 0 aromatic heterocycles. The molecule has 2 aromatic carbocycles. The lowest BCUT2D eigenvalue weighted by molar-refractivity contribution is 0.0827. The van der Waals surface area contributed by atoms with Crippen molar-refractivity contribution < 1.29 is 4.79 Å². The van der Waals surface area contributed by atoms with Crippen LogP contribution in [0.4, 0.5) is 0 Å². The van der Waals surface area contributed by atoms with Gasteiger partial charge in [0.1, 0.15) is 0 Å². The molecule has 0 radical (unpaired) electrons. The number of nitrogens with zero attached hydrogens (tertiary/aromatic N) is 3. The minimum Gasteiger partial charge on any atom is -0.357 e.